The summed E-state index contributed by atoms with van der Waals surface area (Å²) in [5.41, 5.74) is 0.371. The van der Waals surface area contributed by atoms with Crippen LogP contribution in [0.2, 0.25) is 10.0 Å². The molecule has 158 valence electrons. The number of methoxy groups -OCH3 is 1. The van der Waals surface area contributed by atoms with E-state index in [0.717, 1.165) is 0 Å². The summed E-state index contributed by atoms with van der Waals surface area (Å²) < 4.78 is 18.5. The monoisotopic (exact) mass is 477 g/mol. The van der Waals surface area contributed by atoms with Crippen LogP contribution in [0.3, 0.4) is 0 Å². The van der Waals surface area contributed by atoms with Crippen LogP contribution < -0.4 is 9.64 Å². The molecule has 1 aliphatic heterocycles. The zero-order valence-electron chi connectivity index (χ0n) is 15.9. The topological polar surface area (TPSA) is 66.8 Å². The van der Waals surface area contributed by atoms with Gasteiger partial charge in [-0.05, 0) is 47.8 Å². The van der Waals surface area contributed by atoms with Gasteiger partial charge in [0.25, 0.3) is 11.7 Å². The lowest BCUT2D eigenvalue weighted by Crippen LogP contribution is -2.29. The van der Waals surface area contributed by atoms with Gasteiger partial charge in [-0.2, -0.15) is 0 Å². The Hall–Kier alpha value is -2.87. The van der Waals surface area contributed by atoms with Gasteiger partial charge in [0.1, 0.15) is 17.6 Å². The maximum absolute atomic E-state index is 13.4. The molecule has 0 spiro atoms. The SMILES string of the molecule is COc1c(Cl)cc(/C(O)=C2/C(=O)C(=O)N(c3ccc(F)cc3)C2c2cccs2)cc1Cl. The van der Waals surface area contributed by atoms with Gasteiger partial charge in [-0.1, -0.05) is 29.3 Å². The number of halogens is 3. The summed E-state index contributed by atoms with van der Waals surface area (Å²) in [6.45, 7) is 0. The first-order chi connectivity index (χ1) is 14.8. The third-order valence-electron chi connectivity index (χ3n) is 4.84. The Morgan fingerprint density at radius 1 is 1.13 bits per heavy atom. The number of aliphatic hydroxyl groups is 1. The van der Waals surface area contributed by atoms with Gasteiger partial charge >= 0.3 is 0 Å². The van der Waals surface area contributed by atoms with Gasteiger partial charge < -0.3 is 9.84 Å². The second-order valence-corrected chi connectivity index (χ2v) is 8.43. The van der Waals surface area contributed by atoms with Crippen LogP contribution in [0.4, 0.5) is 10.1 Å². The molecule has 1 amide bonds. The van der Waals surface area contributed by atoms with E-state index in [-0.39, 0.29) is 26.9 Å². The van der Waals surface area contributed by atoms with Crippen molar-refractivity contribution < 1.29 is 23.8 Å². The Kier molecular flexibility index (Phi) is 5.75. The molecule has 1 saturated heterocycles. The number of amides is 1. The maximum atomic E-state index is 13.4. The molecule has 1 N–H and O–H groups in total. The number of ketones is 1. The van der Waals surface area contributed by atoms with Crippen molar-refractivity contribution >= 4 is 57.7 Å². The van der Waals surface area contributed by atoms with E-state index in [1.165, 1.54) is 59.7 Å². The van der Waals surface area contributed by atoms with E-state index in [4.69, 9.17) is 27.9 Å². The van der Waals surface area contributed by atoms with Gasteiger partial charge in [-0.3, -0.25) is 14.5 Å². The highest BCUT2D eigenvalue weighted by atomic mass is 35.5. The number of hydrogen-bond donors (Lipinski definition) is 1. The Bertz CT molecular complexity index is 1190. The predicted octanol–water partition coefficient (Wildman–Crippen LogP) is 5.83. The number of aliphatic hydroxyl groups excluding tert-OH is 1. The third-order valence-corrected chi connectivity index (χ3v) is 6.32. The van der Waals surface area contributed by atoms with E-state index in [0.29, 0.717) is 10.6 Å². The molecule has 2 heterocycles. The number of benzene rings is 2. The number of Topliss-reactive ketones (excluding diaryl/α,β-unsaturated/α-hetero) is 1. The quantitative estimate of drug-likeness (QED) is 0.291. The Balaban J connectivity index is 1.92. The van der Waals surface area contributed by atoms with Crippen molar-refractivity contribution in [3.63, 3.8) is 0 Å². The second-order valence-electron chi connectivity index (χ2n) is 6.63. The lowest BCUT2D eigenvalue weighted by atomic mass is 9.99. The van der Waals surface area contributed by atoms with E-state index in [9.17, 15) is 19.1 Å². The van der Waals surface area contributed by atoms with Crippen LogP contribution in [0.5, 0.6) is 5.75 Å². The first kappa shape index (κ1) is 21.4. The molecular formula is C22H14Cl2FNO4S. The molecule has 0 bridgehead atoms. The summed E-state index contributed by atoms with van der Waals surface area (Å²) in [6.07, 6.45) is 0. The minimum absolute atomic E-state index is 0.117. The maximum Gasteiger partial charge on any atom is 0.300 e. The fourth-order valence-electron chi connectivity index (χ4n) is 3.46. The van der Waals surface area contributed by atoms with Crippen molar-refractivity contribution in [2.45, 2.75) is 6.04 Å². The van der Waals surface area contributed by atoms with E-state index in [2.05, 4.69) is 0 Å². The van der Waals surface area contributed by atoms with Crippen LogP contribution in [-0.2, 0) is 9.59 Å². The number of nitrogens with zero attached hydrogens (tertiary/aromatic N) is 1. The molecule has 9 heteroatoms. The first-order valence-corrected chi connectivity index (χ1v) is 10.6. The van der Waals surface area contributed by atoms with Gasteiger partial charge in [-0.25, -0.2) is 4.39 Å². The first-order valence-electron chi connectivity index (χ1n) is 8.97. The molecule has 3 aromatic rings. The normalized spacial score (nSPS) is 17.9. The van der Waals surface area contributed by atoms with E-state index in [1.807, 2.05) is 0 Å². The molecule has 31 heavy (non-hydrogen) atoms. The molecule has 1 unspecified atom stereocenters. The van der Waals surface area contributed by atoms with Crippen molar-refractivity contribution in [3.05, 3.63) is 85.8 Å². The molecule has 1 aliphatic rings. The van der Waals surface area contributed by atoms with Gasteiger partial charge in [-0.15, -0.1) is 11.3 Å². The van der Waals surface area contributed by atoms with Crippen molar-refractivity contribution in [1.82, 2.24) is 0 Å². The van der Waals surface area contributed by atoms with Gasteiger partial charge in [0.05, 0.1) is 22.7 Å². The fourth-order valence-corrected chi connectivity index (χ4v) is 4.93. The highest BCUT2D eigenvalue weighted by molar-refractivity contribution is 7.10. The average Bonchev–Trinajstić information content (AvgIpc) is 3.35. The Morgan fingerprint density at radius 2 is 1.77 bits per heavy atom. The van der Waals surface area contributed by atoms with Gasteiger partial charge in [0, 0.05) is 16.1 Å². The molecule has 0 radical (unpaired) electrons. The molecule has 5 nitrogen and oxygen atoms in total. The minimum atomic E-state index is -0.898. The van der Waals surface area contributed by atoms with E-state index in [1.54, 1.807) is 17.5 Å². The van der Waals surface area contributed by atoms with E-state index < -0.39 is 29.3 Å². The standard InChI is InChI=1S/C22H14Cl2FNO4S/c1-30-21-14(23)9-11(10-15(21)24)19(27)17-18(16-3-2-8-31-16)26(22(29)20(17)28)13-6-4-12(25)5-7-13/h2-10,18,27H,1H3/b19-17-. The molecule has 0 saturated carbocycles. The number of anilines is 1. The highest BCUT2D eigenvalue weighted by Gasteiger charge is 2.47. The third kappa shape index (κ3) is 3.69. The summed E-state index contributed by atoms with van der Waals surface area (Å²) in [5.74, 6) is -2.38. The number of carbonyl (C=O) groups excluding carboxylic acids is 2. The van der Waals surface area contributed by atoms with Crippen molar-refractivity contribution in [2.24, 2.45) is 0 Å². The minimum Gasteiger partial charge on any atom is -0.507 e. The zero-order chi connectivity index (χ0) is 22.3. The smallest absolute Gasteiger partial charge is 0.300 e. The Morgan fingerprint density at radius 3 is 2.32 bits per heavy atom. The van der Waals surface area contributed by atoms with Crippen LogP contribution in [0, 0.1) is 5.82 Å². The number of thiophene rings is 1. The summed E-state index contributed by atoms with van der Waals surface area (Å²) in [6, 6.07) is 10.6. The zero-order valence-corrected chi connectivity index (χ0v) is 18.3. The number of carbonyl (C=O) groups is 2. The number of hydrogen-bond acceptors (Lipinski definition) is 5. The molecule has 4 rings (SSSR count). The van der Waals surface area contributed by atoms with Crippen molar-refractivity contribution in [3.8, 4) is 5.75 Å². The lowest BCUT2D eigenvalue weighted by molar-refractivity contribution is -0.132. The molecule has 1 aromatic heterocycles. The molecule has 1 atom stereocenters. The summed E-state index contributed by atoms with van der Waals surface area (Å²) >= 11 is 13.7. The highest BCUT2D eigenvalue weighted by Crippen LogP contribution is 2.44. The number of ether oxygens (including phenoxy) is 1. The summed E-state index contributed by atoms with van der Waals surface area (Å²) in [7, 11) is 1.40. The van der Waals surface area contributed by atoms with Crippen LogP contribution in [0.1, 0.15) is 16.5 Å². The second kappa shape index (κ2) is 8.34. The lowest BCUT2D eigenvalue weighted by Gasteiger charge is -2.24. The molecule has 2 aromatic carbocycles. The van der Waals surface area contributed by atoms with Gasteiger partial charge in [0.15, 0.2) is 5.75 Å². The largest absolute Gasteiger partial charge is 0.507 e. The molecule has 1 fully saturated rings. The van der Waals surface area contributed by atoms with Crippen LogP contribution in [-0.4, -0.2) is 23.9 Å². The predicted molar refractivity (Wildman–Crippen MR) is 119 cm³/mol. The van der Waals surface area contributed by atoms with Crippen molar-refractivity contribution in [1.29, 1.82) is 0 Å². The van der Waals surface area contributed by atoms with Crippen LogP contribution in [0.25, 0.3) is 5.76 Å². The van der Waals surface area contributed by atoms with Gasteiger partial charge in [0.2, 0.25) is 0 Å². The average molecular weight is 478 g/mol. The fraction of sp³-hybridized carbons (Fsp3) is 0.0909. The van der Waals surface area contributed by atoms with E-state index >= 15 is 0 Å². The molecule has 0 aliphatic carbocycles. The van der Waals surface area contributed by atoms with Crippen LogP contribution in [0.15, 0.2) is 59.5 Å². The molecular weight excluding hydrogens is 464 g/mol. The Labute approximate surface area is 190 Å². The number of rotatable bonds is 4. The van der Waals surface area contributed by atoms with Crippen LogP contribution >= 0.6 is 34.5 Å². The summed E-state index contributed by atoms with van der Waals surface area (Å²) in [5, 5.41) is 13.1. The summed E-state index contributed by atoms with van der Waals surface area (Å²) in [4.78, 5) is 27.8. The van der Waals surface area contributed by atoms with Crippen molar-refractivity contribution in [2.75, 3.05) is 12.0 Å².